The highest BCUT2D eigenvalue weighted by molar-refractivity contribution is 6.11. The molecule has 170 valence electrons. The second-order valence-electron chi connectivity index (χ2n) is 10.1. The molecule has 0 aromatic heterocycles. The summed E-state index contributed by atoms with van der Waals surface area (Å²) in [5.41, 5.74) is 1.36. The Kier molecular flexibility index (Phi) is 6.86. The maximum absolute atomic E-state index is 6.67. The molecule has 0 N–H and O–H groups in total. The summed E-state index contributed by atoms with van der Waals surface area (Å²) in [4.78, 5) is 0. The van der Waals surface area contributed by atoms with Gasteiger partial charge in [-0.25, -0.2) is 0 Å². The fourth-order valence-electron chi connectivity index (χ4n) is 5.79. The van der Waals surface area contributed by atoms with Crippen LogP contribution in [0.15, 0.2) is 42.5 Å². The zero-order valence-electron chi connectivity index (χ0n) is 19.7. The minimum absolute atomic E-state index is 0.689. The first-order chi connectivity index (χ1) is 15.8. The number of aryl methyl sites for hydroxylation is 1. The Labute approximate surface area is 193 Å². The van der Waals surface area contributed by atoms with Crippen LogP contribution in [0.25, 0.3) is 21.5 Å². The van der Waals surface area contributed by atoms with E-state index in [2.05, 4.69) is 49.4 Å². The molecule has 0 unspecified atom stereocenters. The van der Waals surface area contributed by atoms with E-state index in [1.165, 1.54) is 91.3 Å². The first kappa shape index (κ1) is 21.6. The van der Waals surface area contributed by atoms with Crippen LogP contribution in [0, 0.1) is 11.8 Å². The fourth-order valence-corrected chi connectivity index (χ4v) is 5.79. The third-order valence-corrected chi connectivity index (χ3v) is 7.77. The number of ether oxygens (including phenoxy) is 2. The molecular weight excluding hydrogens is 392 g/mol. The molecule has 2 heteroatoms. The smallest absolute Gasteiger partial charge is 0.135 e. The van der Waals surface area contributed by atoms with Crippen LogP contribution >= 0.6 is 0 Å². The van der Waals surface area contributed by atoms with Gasteiger partial charge in [0.2, 0.25) is 0 Å². The Morgan fingerprint density at radius 3 is 1.66 bits per heavy atom. The lowest BCUT2D eigenvalue weighted by molar-refractivity contribution is 0.210. The van der Waals surface area contributed by atoms with Crippen molar-refractivity contribution in [1.29, 1.82) is 0 Å². The van der Waals surface area contributed by atoms with Gasteiger partial charge in [-0.2, -0.15) is 0 Å². The van der Waals surface area contributed by atoms with Crippen molar-refractivity contribution in [2.24, 2.45) is 11.8 Å². The van der Waals surface area contributed by atoms with E-state index in [0.717, 1.165) is 31.1 Å². The first-order valence-electron chi connectivity index (χ1n) is 13.1. The van der Waals surface area contributed by atoms with Gasteiger partial charge in [-0.1, -0.05) is 81.8 Å². The van der Waals surface area contributed by atoms with E-state index in [1.54, 1.807) is 0 Å². The Morgan fingerprint density at radius 2 is 1.12 bits per heavy atom. The number of hydrogen-bond donors (Lipinski definition) is 0. The van der Waals surface area contributed by atoms with E-state index in [9.17, 15) is 0 Å². The topological polar surface area (TPSA) is 18.5 Å². The maximum Gasteiger partial charge on any atom is 0.135 e. The Morgan fingerprint density at radius 1 is 0.625 bits per heavy atom. The molecule has 5 rings (SSSR count). The number of benzene rings is 3. The molecule has 32 heavy (non-hydrogen) atoms. The van der Waals surface area contributed by atoms with Crippen LogP contribution in [-0.4, -0.2) is 13.2 Å². The molecule has 0 radical (unpaired) electrons. The van der Waals surface area contributed by atoms with Crippen molar-refractivity contribution in [3.05, 3.63) is 48.0 Å². The van der Waals surface area contributed by atoms with Gasteiger partial charge in [0, 0.05) is 21.5 Å². The molecule has 0 atom stereocenters. The van der Waals surface area contributed by atoms with E-state index in [4.69, 9.17) is 9.47 Å². The summed E-state index contributed by atoms with van der Waals surface area (Å²) in [5.74, 6) is 3.49. The van der Waals surface area contributed by atoms with E-state index in [-0.39, 0.29) is 0 Å². The molecule has 0 saturated heterocycles. The van der Waals surface area contributed by atoms with Crippen LogP contribution in [0.1, 0.15) is 76.7 Å². The van der Waals surface area contributed by atoms with E-state index in [0.29, 0.717) is 11.8 Å². The van der Waals surface area contributed by atoms with Crippen LogP contribution in [-0.2, 0) is 6.42 Å². The molecule has 0 spiro atoms. The van der Waals surface area contributed by atoms with Crippen molar-refractivity contribution < 1.29 is 9.47 Å². The summed E-state index contributed by atoms with van der Waals surface area (Å²) in [6.45, 7) is 3.89. The van der Waals surface area contributed by atoms with Crippen LogP contribution in [0.4, 0.5) is 0 Å². The van der Waals surface area contributed by atoms with Gasteiger partial charge in [0.15, 0.2) is 0 Å². The monoisotopic (exact) mass is 430 g/mol. The SMILES string of the molecule is CCc1ccc2c(OCC3CCCCC3)c3ccccc3c(OCC3CCCCC3)c2c1. The summed E-state index contributed by atoms with van der Waals surface area (Å²) >= 11 is 0. The minimum Gasteiger partial charge on any atom is -0.492 e. The highest BCUT2D eigenvalue weighted by Gasteiger charge is 2.21. The number of fused-ring (bicyclic) bond motifs is 2. The number of rotatable bonds is 7. The van der Waals surface area contributed by atoms with Crippen molar-refractivity contribution in [1.82, 2.24) is 0 Å². The molecule has 0 bridgehead atoms. The molecule has 2 fully saturated rings. The lowest BCUT2D eigenvalue weighted by atomic mass is 9.90. The minimum atomic E-state index is 0.689. The number of hydrogen-bond acceptors (Lipinski definition) is 2. The first-order valence-corrected chi connectivity index (χ1v) is 13.1. The van der Waals surface area contributed by atoms with Gasteiger partial charge in [0.1, 0.15) is 11.5 Å². The van der Waals surface area contributed by atoms with Crippen molar-refractivity contribution >= 4 is 21.5 Å². The molecule has 0 amide bonds. The second kappa shape index (κ2) is 10.1. The Bertz CT molecular complexity index is 1040. The molecular formula is C30H38O2. The maximum atomic E-state index is 6.67. The Hall–Kier alpha value is -2.22. The van der Waals surface area contributed by atoms with Gasteiger partial charge < -0.3 is 9.47 Å². The van der Waals surface area contributed by atoms with Gasteiger partial charge in [-0.3, -0.25) is 0 Å². The summed E-state index contributed by atoms with van der Waals surface area (Å²) in [6.07, 6.45) is 14.4. The fraction of sp³-hybridized carbons (Fsp3) is 0.533. The van der Waals surface area contributed by atoms with Crippen LogP contribution < -0.4 is 9.47 Å². The lowest BCUT2D eigenvalue weighted by Gasteiger charge is -2.25. The van der Waals surface area contributed by atoms with Crippen LogP contribution in [0.2, 0.25) is 0 Å². The van der Waals surface area contributed by atoms with Gasteiger partial charge in [0.05, 0.1) is 13.2 Å². The molecule has 2 saturated carbocycles. The Balaban J connectivity index is 1.55. The van der Waals surface area contributed by atoms with Crippen LogP contribution in [0.5, 0.6) is 11.5 Å². The van der Waals surface area contributed by atoms with Crippen molar-refractivity contribution in [2.45, 2.75) is 77.6 Å². The van der Waals surface area contributed by atoms with Gasteiger partial charge in [-0.05, 0) is 55.6 Å². The average Bonchev–Trinajstić information content (AvgIpc) is 2.87. The molecule has 3 aromatic carbocycles. The quantitative estimate of drug-likeness (QED) is 0.350. The summed E-state index contributed by atoms with van der Waals surface area (Å²) in [7, 11) is 0. The largest absolute Gasteiger partial charge is 0.492 e. The molecule has 2 aliphatic rings. The predicted octanol–water partition coefficient (Wildman–Crippen LogP) is 8.47. The molecule has 3 aromatic rings. The summed E-state index contributed by atoms with van der Waals surface area (Å²) in [6, 6.07) is 15.6. The zero-order chi connectivity index (χ0) is 21.8. The lowest BCUT2D eigenvalue weighted by Crippen LogP contribution is -2.16. The molecule has 0 aliphatic heterocycles. The third-order valence-electron chi connectivity index (χ3n) is 7.77. The third kappa shape index (κ3) is 4.60. The van der Waals surface area contributed by atoms with Gasteiger partial charge in [-0.15, -0.1) is 0 Å². The van der Waals surface area contributed by atoms with Crippen molar-refractivity contribution in [3.63, 3.8) is 0 Å². The van der Waals surface area contributed by atoms with Crippen molar-refractivity contribution in [3.8, 4) is 11.5 Å². The predicted molar refractivity (Wildman–Crippen MR) is 135 cm³/mol. The van der Waals surface area contributed by atoms with E-state index in [1.807, 2.05) is 0 Å². The summed E-state index contributed by atoms with van der Waals surface area (Å²) < 4.78 is 13.3. The standard InChI is InChI=1S/C30H38O2/c1-2-22-17-18-27-28(19-22)30(32-21-24-13-7-4-8-14-24)26-16-10-9-15-25(26)29(27)31-20-23-11-5-3-6-12-23/h9-10,15-19,23-24H,2-8,11-14,20-21H2,1H3. The van der Waals surface area contributed by atoms with E-state index < -0.39 is 0 Å². The summed E-state index contributed by atoms with van der Waals surface area (Å²) in [5, 5.41) is 4.81. The zero-order valence-corrected chi connectivity index (χ0v) is 19.7. The molecule has 2 nitrogen and oxygen atoms in total. The molecule has 2 aliphatic carbocycles. The van der Waals surface area contributed by atoms with Crippen LogP contribution in [0.3, 0.4) is 0 Å². The van der Waals surface area contributed by atoms with Crippen molar-refractivity contribution in [2.75, 3.05) is 13.2 Å². The van der Waals surface area contributed by atoms with E-state index >= 15 is 0 Å². The average molecular weight is 431 g/mol. The highest BCUT2D eigenvalue weighted by atomic mass is 16.5. The second-order valence-corrected chi connectivity index (χ2v) is 10.1. The van der Waals surface area contributed by atoms with Gasteiger partial charge >= 0.3 is 0 Å². The highest BCUT2D eigenvalue weighted by Crippen LogP contribution is 2.44. The van der Waals surface area contributed by atoms with Gasteiger partial charge in [0.25, 0.3) is 0 Å². The normalized spacial score (nSPS) is 18.3. The molecule has 0 heterocycles.